The summed E-state index contributed by atoms with van der Waals surface area (Å²) in [5, 5.41) is 17.7. The third kappa shape index (κ3) is 2.90. The highest BCUT2D eigenvalue weighted by molar-refractivity contribution is 9.10. The second kappa shape index (κ2) is 5.90. The number of rotatable bonds is 5. The maximum absolute atomic E-state index is 8.83. The zero-order chi connectivity index (χ0) is 10.4. The molecule has 78 valence electrons. The smallest absolute Gasteiger partial charge is 0.146 e. The Bertz CT molecular complexity index is 279. The van der Waals surface area contributed by atoms with Crippen LogP contribution >= 0.6 is 15.9 Å². The minimum atomic E-state index is 0.0242. The highest BCUT2D eigenvalue weighted by Crippen LogP contribution is 2.21. The zero-order valence-electron chi connectivity index (χ0n) is 7.60. The SMILES string of the molecule is OCCN(CCO)c1ncncc1Br. The van der Waals surface area contributed by atoms with Gasteiger partial charge in [-0.2, -0.15) is 0 Å². The molecule has 0 aliphatic carbocycles. The van der Waals surface area contributed by atoms with Crippen molar-refractivity contribution in [3.05, 3.63) is 17.0 Å². The van der Waals surface area contributed by atoms with Gasteiger partial charge < -0.3 is 15.1 Å². The molecule has 0 saturated carbocycles. The van der Waals surface area contributed by atoms with Gasteiger partial charge >= 0.3 is 0 Å². The average molecular weight is 262 g/mol. The Morgan fingerprint density at radius 3 is 2.43 bits per heavy atom. The number of nitrogens with zero attached hydrogens (tertiary/aromatic N) is 3. The van der Waals surface area contributed by atoms with Crippen LogP contribution in [0.1, 0.15) is 0 Å². The molecular weight excluding hydrogens is 250 g/mol. The number of aliphatic hydroxyl groups is 2. The monoisotopic (exact) mass is 261 g/mol. The van der Waals surface area contributed by atoms with Crippen molar-refractivity contribution >= 4 is 21.7 Å². The molecule has 0 fully saturated rings. The number of hydrogen-bond donors (Lipinski definition) is 2. The van der Waals surface area contributed by atoms with Crippen LogP contribution in [0.15, 0.2) is 17.0 Å². The number of hydrogen-bond acceptors (Lipinski definition) is 5. The molecule has 0 aliphatic rings. The van der Waals surface area contributed by atoms with E-state index >= 15 is 0 Å². The highest BCUT2D eigenvalue weighted by Gasteiger charge is 2.09. The molecule has 0 radical (unpaired) electrons. The van der Waals surface area contributed by atoms with Crippen molar-refractivity contribution in [1.29, 1.82) is 0 Å². The van der Waals surface area contributed by atoms with Gasteiger partial charge in [0.05, 0.1) is 17.7 Å². The molecule has 1 rings (SSSR count). The average Bonchev–Trinajstić information content (AvgIpc) is 2.18. The van der Waals surface area contributed by atoms with E-state index in [-0.39, 0.29) is 13.2 Å². The van der Waals surface area contributed by atoms with E-state index in [4.69, 9.17) is 10.2 Å². The fourth-order valence-corrected chi connectivity index (χ4v) is 1.58. The molecule has 0 unspecified atom stereocenters. The molecule has 5 nitrogen and oxygen atoms in total. The van der Waals surface area contributed by atoms with Gasteiger partial charge in [0.1, 0.15) is 12.1 Å². The lowest BCUT2D eigenvalue weighted by atomic mass is 10.4. The standard InChI is InChI=1S/C8H12BrN3O2/c9-7-5-10-6-11-8(7)12(1-3-13)2-4-14/h5-6,13-14H,1-4H2. The summed E-state index contributed by atoms with van der Waals surface area (Å²) in [5.41, 5.74) is 0. The Hall–Kier alpha value is -0.720. The van der Waals surface area contributed by atoms with Crippen molar-refractivity contribution in [3.63, 3.8) is 0 Å². The van der Waals surface area contributed by atoms with Gasteiger partial charge in [-0.25, -0.2) is 9.97 Å². The number of aromatic nitrogens is 2. The van der Waals surface area contributed by atoms with Gasteiger partial charge in [-0.3, -0.25) is 0 Å². The van der Waals surface area contributed by atoms with Crippen molar-refractivity contribution in [2.75, 3.05) is 31.2 Å². The third-order valence-electron chi connectivity index (χ3n) is 1.69. The molecule has 0 saturated heterocycles. The summed E-state index contributed by atoms with van der Waals surface area (Å²) < 4.78 is 0.752. The molecule has 0 bridgehead atoms. The molecule has 1 aromatic rings. The van der Waals surface area contributed by atoms with E-state index < -0.39 is 0 Å². The van der Waals surface area contributed by atoms with Gasteiger partial charge in [0.15, 0.2) is 0 Å². The second-order valence-corrected chi connectivity index (χ2v) is 3.48. The molecule has 14 heavy (non-hydrogen) atoms. The molecule has 6 heteroatoms. The van der Waals surface area contributed by atoms with Crippen LogP contribution in [-0.4, -0.2) is 46.5 Å². The maximum atomic E-state index is 8.83. The van der Waals surface area contributed by atoms with E-state index in [2.05, 4.69) is 25.9 Å². The summed E-state index contributed by atoms with van der Waals surface area (Å²) in [4.78, 5) is 9.68. The van der Waals surface area contributed by atoms with Gasteiger partial charge in [-0.1, -0.05) is 0 Å². The Balaban J connectivity index is 2.81. The summed E-state index contributed by atoms with van der Waals surface area (Å²) in [5.74, 6) is 0.683. The van der Waals surface area contributed by atoms with Crippen molar-refractivity contribution < 1.29 is 10.2 Å². The Morgan fingerprint density at radius 1 is 1.29 bits per heavy atom. The fraction of sp³-hybridized carbons (Fsp3) is 0.500. The van der Waals surface area contributed by atoms with E-state index in [1.807, 2.05) is 0 Å². The molecule has 0 spiro atoms. The number of aliphatic hydroxyl groups excluding tert-OH is 2. The van der Waals surface area contributed by atoms with E-state index in [1.54, 1.807) is 11.1 Å². The van der Waals surface area contributed by atoms with Gasteiger partial charge in [0.25, 0.3) is 0 Å². The second-order valence-electron chi connectivity index (χ2n) is 2.63. The first-order valence-electron chi connectivity index (χ1n) is 4.21. The molecule has 0 amide bonds. The Morgan fingerprint density at radius 2 is 1.93 bits per heavy atom. The highest BCUT2D eigenvalue weighted by atomic mass is 79.9. The summed E-state index contributed by atoms with van der Waals surface area (Å²) in [6.45, 7) is 0.930. The minimum Gasteiger partial charge on any atom is -0.395 e. The summed E-state index contributed by atoms with van der Waals surface area (Å²) in [7, 11) is 0. The minimum absolute atomic E-state index is 0.0242. The first-order valence-corrected chi connectivity index (χ1v) is 5.01. The molecule has 2 N–H and O–H groups in total. The van der Waals surface area contributed by atoms with Gasteiger partial charge in [-0.05, 0) is 15.9 Å². The lowest BCUT2D eigenvalue weighted by Gasteiger charge is -2.22. The first-order chi connectivity index (χ1) is 6.79. The van der Waals surface area contributed by atoms with Crippen molar-refractivity contribution in [2.24, 2.45) is 0 Å². The molecular formula is C8H12BrN3O2. The first kappa shape index (κ1) is 11.4. The van der Waals surface area contributed by atoms with Gasteiger partial charge in [0, 0.05) is 19.3 Å². The zero-order valence-corrected chi connectivity index (χ0v) is 9.18. The maximum Gasteiger partial charge on any atom is 0.146 e. The summed E-state index contributed by atoms with van der Waals surface area (Å²) in [6.07, 6.45) is 3.06. The Labute approximate surface area is 90.5 Å². The summed E-state index contributed by atoms with van der Waals surface area (Å²) in [6, 6.07) is 0. The normalized spacial score (nSPS) is 10.2. The largest absolute Gasteiger partial charge is 0.395 e. The van der Waals surface area contributed by atoms with Crippen molar-refractivity contribution in [3.8, 4) is 0 Å². The topological polar surface area (TPSA) is 69.5 Å². The third-order valence-corrected chi connectivity index (χ3v) is 2.25. The summed E-state index contributed by atoms with van der Waals surface area (Å²) >= 11 is 3.31. The lowest BCUT2D eigenvalue weighted by Crippen LogP contribution is -2.30. The van der Waals surface area contributed by atoms with Crippen LogP contribution in [0.25, 0.3) is 0 Å². The molecule has 1 aromatic heterocycles. The molecule has 0 aliphatic heterocycles. The van der Waals surface area contributed by atoms with Crippen LogP contribution in [0.5, 0.6) is 0 Å². The predicted octanol–water partition coefficient (Wildman–Crippen LogP) is 0.0301. The molecule has 1 heterocycles. The molecule has 0 aromatic carbocycles. The van der Waals surface area contributed by atoms with Crippen LogP contribution in [0.3, 0.4) is 0 Å². The Kier molecular flexibility index (Phi) is 4.78. The van der Waals surface area contributed by atoms with Crippen LogP contribution in [0, 0.1) is 0 Å². The van der Waals surface area contributed by atoms with Gasteiger partial charge in [0.2, 0.25) is 0 Å². The van der Waals surface area contributed by atoms with Crippen molar-refractivity contribution in [1.82, 2.24) is 9.97 Å². The van der Waals surface area contributed by atoms with E-state index in [1.165, 1.54) is 6.33 Å². The van der Waals surface area contributed by atoms with Crippen LogP contribution in [0.2, 0.25) is 0 Å². The van der Waals surface area contributed by atoms with Crippen LogP contribution in [0.4, 0.5) is 5.82 Å². The lowest BCUT2D eigenvalue weighted by molar-refractivity contribution is 0.280. The van der Waals surface area contributed by atoms with E-state index in [0.717, 1.165) is 4.47 Å². The fourth-order valence-electron chi connectivity index (χ4n) is 1.10. The number of anilines is 1. The van der Waals surface area contributed by atoms with Crippen LogP contribution < -0.4 is 4.90 Å². The molecule has 0 atom stereocenters. The van der Waals surface area contributed by atoms with Gasteiger partial charge in [-0.15, -0.1) is 0 Å². The predicted molar refractivity (Wildman–Crippen MR) is 56.1 cm³/mol. The van der Waals surface area contributed by atoms with Crippen LogP contribution in [-0.2, 0) is 0 Å². The number of halogens is 1. The quantitative estimate of drug-likeness (QED) is 0.783. The van der Waals surface area contributed by atoms with Crippen molar-refractivity contribution in [2.45, 2.75) is 0 Å². The van der Waals surface area contributed by atoms with E-state index in [0.29, 0.717) is 18.9 Å². The van der Waals surface area contributed by atoms with E-state index in [9.17, 15) is 0 Å².